The van der Waals surface area contributed by atoms with Gasteiger partial charge in [0.15, 0.2) is 8.32 Å². The molecular formula is C23H35NO5Si. The Morgan fingerprint density at radius 2 is 1.80 bits per heavy atom. The summed E-state index contributed by atoms with van der Waals surface area (Å²) in [6.07, 6.45) is 0.507. The lowest BCUT2D eigenvalue weighted by molar-refractivity contribution is -0.136. The van der Waals surface area contributed by atoms with Crippen LogP contribution in [0.4, 0.5) is 4.79 Å². The molecule has 7 heteroatoms. The number of methoxy groups -OCH3 is 2. The Hall–Kier alpha value is -2.12. The summed E-state index contributed by atoms with van der Waals surface area (Å²) in [5.41, 5.74) is 2.46. The van der Waals surface area contributed by atoms with E-state index in [1.165, 1.54) is 14.2 Å². The fourth-order valence-electron chi connectivity index (χ4n) is 3.51. The molecule has 0 radical (unpaired) electrons. The van der Waals surface area contributed by atoms with E-state index in [4.69, 9.17) is 13.9 Å². The van der Waals surface area contributed by atoms with Crippen molar-refractivity contribution < 1.29 is 23.5 Å². The molecule has 0 N–H and O–H groups in total. The molecule has 166 valence electrons. The van der Waals surface area contributed by atoms with Gasteiger partial charge in [-0.25, -0.2) is 9.59 Å². The summed E-state index contributed by atoms with van der Waals surface area (Å²) in [4.78, 5) is 26.6. The van der Waals surface area contributed by atoms with Gasteiger partial charge in [-0.1, -0.05) is 51.6 Å². The maximum absolute atomic E-state index is 12.9. The molecule has 1 aliphatic rings. The molecule has 6 nitrogen and oxygen atoms in total. The number of carbonyl (C=O) groups excluding carboxylic acids is 2. The van der Waals surface area contributed by atoms with Gasteiger partial charge in [0.2, 0.25) is 0 Å². The molecule has 0 unspecified atom stereocenters. The molecule has 0 saturated carbocycles. The number of esters is 1. The SMILES string of the molecule is C=C(C[C@@H]1c2ccccc2C[C@@H](CO[Si](C)(C)C(C)(C)C)N1C(=O)OC)C(=O)OC. The first-order chi connectivity index (χ1) is 13.9. The number of benzene rings is 1. The van der Waals surface area contributed by atoms with E-state index in [1.807, 2.05) is 18.2 Å². The van der Waals surface area contributed by atoms with Crippen LogP contribution >= 0.6 is 0 Å². The summed E-state index contributed by atoms with van der Waals surface area (Å²) < 4.78 is 16.4. The first-order valence-corrected chi connectivity index (χ1v) is 13.2. The third-order valence-corrected chi connectivity index (χ3v) is 10.8. The highest BCUT2D eigenvalue weighted by Crippen LogP contribution is 2.40. The van der Waals surface area contributed by atoms with E-state index < -0.39 is 20.4 Å². The lowest BCUT2D eigenvalue weighted by Gasteiger charge is -2.44. The Morgan fingerprint density at radius 3 is 2.37 bits per heavy atom. The Balaban J connectivity index is 2.41. The third kappa shape index (κ3) is 5.13. The van der Waals surface area contributed by atoms with E-state index in [0.717, 1.165) is 11.1 Å². The number of nitrogens with zero attached hydrogens (tertiary/aromatic N) is 1. The van der Waals surface area contributed by atoms with Crippen LogP contribution in [0.3, 0.4) is 0 Å². The van der Waals surface area contributed by atoms with Crippen molar-refractivity contribution in [2.24, 2.45) is 0 Å². The fraction of sp³-hybridized carbons (Fsp3) is 0.565. The summed E-state index contributed by atoms with van der Waals surface area (Å²) >= 11 is 0. The van der Waals surface area contributed by atoms with Crippen molar-refractivity contribution in [3.05, 3.63) is 47.5 Å². The van der Waals surface area contributed by atoms with Gasteiger partial charge in [0.05, 0.1) is 32.9 Å². The minimum Gasteiger partial charge on any atom is -0.466 e. The molecule has 1 aromatic carbocycles. The summed E-state index contributed by atoms with van der Waals surface area (Å²) in [6, 6.07) is 7.42. The van der Waals surface area contributed by atoms with Gasteiger partial charge in [-0.2, -0.15) is 0 Å². The third-order valence-electron chi connectivity index (χ3n) is 6.34. The second-order valence-electron chi connectivity index (χ2n) is 9.32. The minimum atomic E-state index is -2.00. The molecule has 2 rings (SSSR count). The molecule has 2 atom stereocenters. The van der Waals surface area contributed by atoms with Gasteiger partial charge in [0.1, 0.15) is 0 Å². The zero-order valence-electron chi connectivity index (χ0n) is 19.3. The summed E-state index contributed by atoms with van der Waals surface area (Å²) in [7, 11) is 0.702. The number of hydrogen-bond acceptors (Lipinski definition) is 5. The maximum atomic E-state index is 12.9. The average molecular weight is 434 g/mol. The van der Waals surface area contributed by atoms with Crippen molar-refractivity contribution in [1.29, 1.82) is 0 Å². The van der Waals surface area contributed by atoms with Gasteiger partial charge in [0, 0.05) is 12.0 Å². The van der Waals surface area contributed by atoms with Crippen molar-refractivity contribution in [3.63, 3.8) is 0 Å². The average Bonchev–Trinajstić information content (AvgIpc) is 2.70. The summed E-state index contributed by atoms with van der Waals surface area (Å²) in [5, 5.41) is 0.0637. The summed E-state index contributed by atoms with van der Waals surface area (Å²) in [5.74, 6) is -0.475. The van der Waals surface area contributed by atoms with E-state index in [-0.39, 0.29) is 23.5 Å². The van der Waals surface area contributed by atoms with Gasteiger partial charge in [-0.05, 0) is 35.7 Å². The van der Waals surface area contributed by atoms with Crippen molar-refractivity contribution in [3.8, 4) is 0 Å². The number of carbonyl (C=O) groups is 2. The van der Waals surface area contributed by atoms with E-state index >= 15 is 0 Å². The lowest BCUT2D eigenvalue weighted by atomic mass is 9.85. The standard InChI is InChI=1S/C23H35NO5Si/c1-16(21(25)27-5)13-20-19-12-10-9-11-17(19)14-18(24(20)22(26)28-6)15-29-30(7,8)23(2,3)4/h9-12,18,20H,1,13-15H2,2-8H3/t18-,20+/m0/s1. The van der Waals surface area contributed by atoms with E-state index in [1.54, 1.807) is 4.90 Å². The first-order valence-electron chi connectivity index (χ1n) is 10.3. The topological polar surface area (TPSA) is 65.1 Å². The monoisotopic (exact) mass is 433 g/mol. The van der Waals surface area contributed by atoms with Crippen LogP contribution in [-0.2, 0) is 25.1 Å². The molecular weight excluding hydrogens is 398 g/mol. The molecule has 0 spiro atoms. The number of ether oxygens (including phenoxy) is 2. The molecule has 0 fully saturated rings. The van der Waals surface area contributed by atoms with Crippen LogP contribution in [0.25, 0.3) is 0 Å². The van der Waals surface area contributed by atoms with Crippen LogP contribution in [-0.4, -0.2) is 52.1 Å². The van der Waals surface area contributed by atoms with Crippen molar-refractivity contribution in [2.45, 2.75) is 63.8 Å². The highest BCUT2D eigenvalue weighted by molar-refractivity contribution is 6.74. The predicted molar refractivity (Wildman–Crippen MR) is 120 cm³/mol. The lowest BCUT2D eigenvalue weighted by Crippen LogP contribution is -2.52. The van der Waals surface area contributed by atoms with Crippen LogP contribution < -0.4 is 0 Å². The largest absolute Gasteiger partial charge is 0.466 e. The highest BCUT2D eigenvalue weighted by atomic mass is 28.4. The Bertz CT molecular complexity index is 799. The van der Waals surface area contributed by atoms with Crippen LogP contribution in [0.15, 0.2) is 36.4 Å². The molecule has 30 heavy (non-hydrogen) atoms. The number of amides is 1. The predicted octanol–water partition coefficient (Wildman–Crippen LogP) is 4.86. The summed E-state index contributed by atoms with van der Waals surface area (Å²) in [6.45, 7) is 15.3. The van der Waals surface area contributed by atoms with Crippen LogP contribution in [0, 0.1) is 0 Å². The quantitative estimate of drug-likeness (QED) is 0.364. The molecule has 1 heterocycles. The van der Waals surface area contributed by atoms with Gasteiger partial charge in [-0.3, -0.25) is 4.90 Å². The molecule has 0 aliphatic carbocycles. The maximum Gasteiger partial charge on any atom is 0.410 e. The van der Waals surface area contributed by atoms with Gasteiger partial charge >= 0.3 is 12.1 Å². The number of hydrogen-bond donors (Lipinski definition) is 0. The molecule has 1 aromatic rings. The molecule has 1 amide bonds. The van der Waals surface area contributed by atoms with Crippen LogP contribution in [0.5, 0.6) is 0 Å². The Morgan fingerprint density at radius 1 is 1.17 bits per heavy atom. The van der Waals surface area contributed by atoms with Crippen LogP contribution in [0.1, 0.15) is 44.4 Å². The molecule has 0 aromatic heterocycles. The van der Waals surface area contributed by atoms with Crippen molar-refractivity contribution >= 4 is 20.4 Å². The highest BCUT2D eigenvalue weighted by Gasteiger charge is 2.42. The number of rotatable bonds is 6. The zero-order chi connectivity index (χ0) is 22.7. The molecule has 0 saturated heterocycles. The van der Waals surface area contributed by atoms with Gasteiger partial charge in [-0.15, -0.1) is 0 Å². The first kappa shape index (κ1) is 24.1. The Kier molecular flexibility index (Phi) is 7.53. The second kappa shape index (κ2) is 9.35. The van der Waals surface area contributed by atoms with Gasteiger partial charge < -0.3 is 13.9 Å². The van der Waals surface area contributed by atoms with E-state index in [2.05, 4.69) is 46.5 Å². The van der Waals surface area contributed by atoms with Crippen molar-refractivity contribution in [1.82, 2.24) is 4.90 Å². The minimum absolute atomic E-state index is 0.0637. The zero-order valence-corrected chi connectivity index (χ0v) is 20.3. The molecule has 1 aliphatic heterocycles. The smallest absolute Gasteiger partial charge is 0.410 e. The van der Waals surface area contributed by atoms with E-state index in [9.17, 15) is 9.59 Å². The van der Waals surface area contributed by atoms with E-state index in [0.29, 0.717) is 18.6 Å². The number of fused-ring (bicyclic) bond motifs is 1. The van der Waals surface area contributed by atoms with Gasteiger partial charge in [0.25, 0.3) is 0 Å². The second-order valence-corrected chi connectivity index (χ2v) is 14.1. The van der Waals surface area contributed by atoms with Crippen LogP contribution in [0.2, 0.25) is 18.1 Å². The normalized spacial score (nSPS) is 19.1. The van der Waals surface area contributed by atoms with Crippen molar-refractivity contribution in [2.75, 3.05) is 20.8 Å². The molecule has 0 bridgehead atoms. The Labute approximate surface area is 181 Å². The fourth-order valence-corrected chi connectivity index (χ4v) is 4.56.